The normalized spacial score (nSPS) is 36.2. The smallest absolute Gasteiger partial charge is 0.306 e. The highest BCUT2D eigenvalue weighted by atomic mass is 16.5. The van der Waals surface area contributed by atoms with E-state index in [1.807, 2.05) is 6.08 Å². The van der Waals surface area contributed by atoms with Gasteiger partial charge >= 0.3 is 5.97 Å². The number of ketones is 1. The SMILES string of the molecule is CCCCCCC(=O)O[C@H]1CC[C@H]2C3=C(CC[C@]12C)[C@@]1(C)CCC(=O)C=C1CC3. The molecule has 0 saturated heterocycles. The topological polar surface area (TPSA) is 43.4 Å². The van der Waals surface area contributed by atoms with Crippen molar-refractivity contribution < 1.29 is 14.3 Å². The van der Waals surface area contributed by atoms with Crippen molar-refractivity contribution in [3.8, 4) is 0 Å². The second-order valence-electron chi connectivity index (χ2n) is 10.4. The summed E-state index contributed by atoms with van der Waals surface area (Å²) in [6.07, 6.45) is 15.3. The van der Waals surface area contributed by atoms with Gasteiger partial charge < -0.3 is 4.74 Å². The molecule has 0 aliphatic heterocycles. The quantitative estimate of drug-likeness (QED) is 0.293. The third-order valence-corrected chi connectivity index (χ3v) is 8.72. The Kier molecular flexibility index (Phi) is 5.79. The molecular formula is C26H38O3. The van der Waals surface area contributed by atoms with E-state index in [2.05, 4.69) is 20.8 Å². The van der Waals surface area contributed by atoms with Crippen LogP contribution in [0.5, 0.6) is 0 Å². The average Bonchev–Trinajstić information content (AvgIpc) is 3.02. The van der Waals surface area contributed by atoms with Crippen LogP contribution in [0.2, 0.25) is 0 Å². The first-order chi connectivity index (χ1) is 13.9. The molecule has 3 nitrogen and oxygen atoms in total. The highest BCUT2D eigenvalue weighted by molar-refractivity contribution is 5.92. The number of unbranched alkanes of at least 4 members (excludes halogenated alkanes) is 3. The van der Waals surface area contributed by atoms with E-state index < -0.39 is 0 Å². The van der Waals surface area contributed by atoms with Crippen LogP contribution in [0.3, 0.4) is 0 Å². The third kappa shape index (κ3) is 3.64. The summed E-state index contributed by atoms with van der Waals surface area (Å²) < 4.78 is 6.07. The summed E-state index contributed by atoms with van der Waals surface area (Å²) in [6.45, 7) is 6.95. The summed E-state index contributed by atoms with van der Waals surface area (Å²) in [6, 6.07) is 0. The molecule has 1 saturated carbocycles. The van der Waals surface area contributed by atoms with Crippen LogP contribution in [0.15, 0.2) is 22.8 Å². The lowest BCUT2D eigenvalue weighted by Crippen LogP contribution is -2.43. The predicted octanol–water partition coefficient (Wildman–Crippen LogP) is 6.46. The first-order valence-corrected chi connectivity index (χ1v) is 12.0. The zero-order chi connectivity index (χ0) is 20.6. The van der Waals surface area contributed by atoms with Gasteiger partial charge in [-0.1, -0.05) is 56.8 Å². The van der Waals surface area contributed by atoms with Crippen LogP contribution < -0.4 is 0 Å². The number of esters is 1. The minimum atomic E-state index is 0.0133. The van der Waals surface area contributed by atoms with Gasteiger partial charge in [0, 0.05) is 23.7 Å². The van der Waals surface area contributed by atoms with Crippen molar-refractivity contribution >= 4 is 11.8 Å². The zero-order valence-electron chi connectivity index (χ0n) is 18.6. The summed E-state index contributed by atoms with van der Waals surface area (Å²) in [5.74, 6) is 0.883. The molecule has 0 aromatic rings. The van der Waals surface area contributed by atoms with E-state index in [9.17, 15) is 9.59 Å². The monoisotopic (exact) mass is 398 g/mol. The molecule has 0 heterocycles. The number of hydrogen-bond acceptors (Lipinski definition) is 3. The summed E-state index contributed by atoms with van der Waals surface area (Å²) >= 11 is 0. The molecule has 0 aromatic carbocycles. The fraction of sp³-hybridized carbons (Fsp3) is 0.769. The number of fused-ring (bicyclic) bond motifs is 4. The number of carbonyl (C=O) groups is 2. The lowest BCUT2D eigenvalue weighted by Gasteiger charge is -2.50. The highest BCUT2D eigenvalue weighted by Gasteiger charge is 2.55. The maximum atomic E-state index is 12.5. The van der Waals surface area contributed by atoms with Crippen molar-refractivity contribution in [2.24, 2.45) is 16.7 Å². The number of rotatable bonds is 6. The van der Waals surface area contributed by atoms with Gasteiger partial charge in [-0.2, -0.15) is 0 Å². The molecule has 29 heavy (non-hydrogen) atoms. The van der Waals surface area contributed by atoms with Gasteiger partial charge in [0.2, 0.25) is 0 Å². The van der Waals surface area contributed by atoms with Crippen LogP contribution in [0.1, 0.15) is 104 Å². The summed E-state index contributed by atoms with van der Waals surface area (Å²) in [5, 5.41) is 0. The van der Waals surface area contributed by atoms with Gasteiger partial charge in [0.1, 0.15) is 6.10 Å². The number of hydrogen-bond donors (Lipinski definition) is 0. The number of carbonyl (C=O) groups excluding carboxylic acids is 2. The van der Waals surface area contributed by atoms with Crippen molar-refractivity contribution in [1.82, 2.24) is 0 Å². The Morgan fingerprint density at radius 3 is 2.69 bits per heavy atom. The lowest BCUT2D eigenvalue weighted by atomic mass is 9.54. The lowest BCUT2D eigenvalue weighted by molar-refractivity contribution is -0.155. The van der Waals surface area contributed by atoms with Crippen LogP contribution >= 0.6 is 0 Å². The van der Waals surface area contributed by atoms with Crippen LogP contribution in [0, 0.1) is 16.7 Å². The van der Waals surface area contributed by atoms with E-state index in [1.165, 1.54) is 18.4 Å². The second kappa shape index (κ2) is 8.04. The summed E-state index contributed by atoms with van der Waals surface area (Å²) in [5.41, 5.74) is 4.88. The molecule has 4 aliphatic rings. The molecule has 160 valence electrons. The van der Waals surface area contributed by atoms with Gasteiger partial charge in [-0.25, -0.2) is 0 Å². The van der Waals surface area contributed by atoms with Crippen molar-refractivity contribution in [3.05, 3.63) is 22.8 Å². The summed E-state index contributed by atoms with van der Waals surface area (Å²) in [7, 11) is 0. The van der Waals surface area contributed by atoms with Crippen molar-refractivity contribution in [1.29, 1.82) is 0 Å². The summed E-state index contributed by atoms with van der Waals surface area (Å²) in [4.78, 5) is 24.4. The Balaban J connectivity index is 1.49. The standard InChI is InChI=1S/C26H38O3/c1-4-5-6-7-8-24(28)29-23-12-11-21-20-10-9-18-17-19(27)13-15-25(18,2)22(20)14-16-26(21,23)3/h17,21,23H,4-16H2,1-3H3/t21-,23-,25-,26-/m0/s1. The minimum absolute atomic E-state index is 0.0133. The molecule has 3 heteroatoms. The Hall–Kier alpha value is -1.38. The fourth-order valence-electron chi connectivity index (χ4n) is 6.86. The molecule has 0 bridgehead atoms. The van der Waals surface area contributed by atoms with Crippen molar-refractivity contribution in [2.45, 2.75) is 110 Å². The number of allylic oxidation sites excluding steroid dienone is 4. The van der Waals surface area contributed by atoms with Crippen LogP contribution in [0.4, 0.5) is 0 Å². The Labute approximate surface area is 176 Å². The van der Waals surface area contributed by atoms with E-state index >= 15 is 0 Å². The van der Waals surface area contributed by atoms with Crippen LogP contribution in [0.25, 0.3) is 0 Å². The Morgan fingerprint density at radius 1 is 1.07 bits per heavy atom. The van der Waals surface area contributed by atoms with Crippen molar-refractivity contribution in [3.63, 3.8) is 0 Å². The molecule has 0 N–H and O–H groups in total. The Morgan fingerprint density at radius 2 is 1.90 bits per heavy atom. The molecular weight excluding hydrogens is 360 g/mol. The average molecular weight is 399 g/mol. The highest BCUT2D eigenvalue weighted by Crippen LogP contribution is 2.62. The van der Waals surface area contributed by atoms with Crippen LogP contribution in [-0.4, -0.2) is 17.9 Å². The van der Waals surface area contributed by atoms with E-state index in [-0.39, 0.29) is 22.9 Å². The number of ether oxygens (including phenoxy) is 1. The third-order valence-electron chi connectivity index (χ3n) is 8.72. The molecule has 0 aromatic heterocycles. The molecule has 0 radical (unpaired) electrons. The first-order valence-electron chi connectivity index (χ1n) is 12.0. The zero-order valence-corrected chi connectivity index (χ0v) is 18.6. The van der Waals surface area contributed by atoms with Gasteiger partial charge in [0.25, 0.3) is 0 Å². The largest absolute Gasteiger partial charge is 0.462 e. The van der Waals surface area contributed by atoms with Gasteiger partial charge in [0.15, 0.2) is 5.78 Å². The van der Waals surface area contributed by atoms with Crippen molar-refractivity contribution in [2.75, 3.05) is 0 Å². The van der Waals surface area contributed by atoms with Gasteiger partial charge in [-0.3, -0.25) is 9.59 Å². The van der Waals surface area contributed by atoms with Crippen LogP contribution in [-0.2, 0) is 14.3 Å². The van der Waals surface area contributed by atoms with Gasteiger partial charge in [-0.05, 0) is 63.4 Å². The second-order valence-corrected chi connectivity index (χ2v) is 10.4. The predicted molar refractivity (Wildman–Crippen MR) is 115 cm³/mol. The minimum Gasteiger partial charge on any atom is -0.462 e. The molecule has 0 amide bonds. The maximum absolute atomic E-state index is 12.5. The Bertz CT molecular complexity index is 745. The van der Waals surface area contributed by atoms with Gasteiger partial charge in [0.05, 0.1) is 0 Å². The van der Waals surface area contributed by atoms with E-state index in [4.69, 9.17) is 4.74 Å². The molecule has 4 atom stereocenters. The van der Waals surface area contributed by atoms with E-state index in [0.29, 0.717) is 24.5 Å². The molecule has 4 aliphatic carbocycles. The van der Waals surface area contributed by atoms with Gasteiger partial charge in [-0.15, -0.1) is 0 Å². The maximum Gasteiger partial charge on any atom is 0.306 e. The molecule has 4 rings (SSSR count). The van der Waals surface area contributed by atoms with E-state index in [1.54, 1.807) is 11.1 Å². The molecule has 0 unspecified atom stereocenters. The molecule has 0 spiro atoms. The first kappa shape index (κ1) is 20.9. The fourth-order valence-corrected chi connectivity index (χ4v) is 6.86. The van der Waals surface area contributed by atoms with E-state index in [0.717, 1.165) is 57.8 Å². The molecule has 1 fully saturated rings.